The molecule has 0 spiro atoms. The van der Waals surface area contributed by atoms with Crippen molar-refractivity contribution in [3.63, 3.8) is 0 Å². The molecule has 2 N–H and O–H groups in total. The molecule has 1 aromatic heterocycles. The molecule has 0 saturated carbocycles. The van der Waals surface area contributed by atoms with E-state index in [-0.39, 0.29) is 5.90 Å². The van der Waals surface area contributed by atoms with Crippen LogP contribution in [0.4, 0.5) is 0 Å². The Labute approximate surface area is 70.3 Å². The Morgan fingerprint density at radius 3 is 3.08 bits per heavy atom. The summed E-state index contributed by atoms with van der Waals surface area (Å²) in [6.45, 7) is 2.14. The summed E-state index contributed by atoms with van der Waals surface area (Å²) < 4.78 is 9.57. The Hall–Kier alpha value is -1.29. The van der Waals surface area contributed by atoms with Crippen LogP contribution in [0.15, 0.2) is 23.0 Å². The van der Waals surface area contributed by atoms with E-state index in [0.29, 0.717) is 12.2 Å². The van der Waals surface area contributed by atoms with E-state index in [1.54, 1.807) is 13.0 Å². The van der Waals surface area contributed by atoms with Crippen molar-refractivity contribution in [1.82, 2.24) is 0 Å². The molecule has 4 nitrogen and oxygen atoms in total. The zero-order valence-corrected chi connectivity index (χ0v) is 6.78. The Morgan fingerprint density at radius 2 is 2.58 bits per heavy atom. The number of rotatable bonds is 3. The van der Waals surface area contributed by atoms with Gasteiger partial charge >= 0.3 is 0 Å². The van der Waals surface area contributed by atoms with E-state index < -0.39 is 6.10 Å². The van der Waals surface area contributed by atoms with Crippen molar-refractivity contribution in [3.8, 4) is 0 Å². The number of furan rings is 1. The van der Waals surface area contributed by atoms with Crippen LogP contribution >= 0.6 is 0 Å². The minimum atomic E-state index is -1.01. The molecule has 1 unspecified atom stereocenters. The molecule has 4 heteroatoms. The molecule has 1 aromatic rings. The molecule has 0 amide bonds. The van der Waals surface area contributed by atoms with E-state index in [1.807, 2.05) is 0 Å². The Bertz CT molecular complexity index is 243. The normalized spacial score (nSPS) is 12.5. The van der Waals surface area contributed by atoms with Gasteiger partial charge in [-0.05, 0) is 13.0 Å². The lowest BCUT2D eigenvalue weighted by atomic mass is 10.2. The van der Waals surface area contributed by atoms with Crippen LogP contribution in [0, 0.1) is 5.41 Å². The van der Waals surface area contributed by atoms with Gasteiger partial charge in [0.05, 0.1) is 19.1 Å². The molecule has 0 aliphatic heterocycles. The summed E-state index contributed by atoms with van der Waals surface area (Å²) >= 11 is 0. The van der Waals surface area contributed by atoms with Crippen molar-refractivity contribution in [3.05, 3.63) is 24.2 Å². The molecule has 1 atom stereocenters. The number of ether oxygens (including phenoxy) is 1. The lowest BCUT2D eigenvalue weighted by molar-refractivity contribution is 0.190. The monoisotopic (exact) mass is 169 g/mol. The fourth-order valence-electron chi connectivity index (χ4n) is 0.816. The van der Waals surface area contributed by atoms with Crippen LogP contribution in [0.3, 0.4) is 0 Å². The smallest absolute Gasteiger partial charge is 0.215 e. The van der Waals surface area contributed by atoms with Gasteiger partial charge in [0.2, 0.25) is 5.90 Å². The number of aliphatic hydroxyl groups is 1. The molecule has 0 saturated heterocycles. The van der Waals surface area contributed by atoms with E-state index >= 15 is 0 Å². The highest BCUT2D eigenvalue weighted by Crippen LogP contribution is 2.14. The molecule has 0 radical (unpaired) electrons. The summed E-state index contributed by atoms with van der Waals surface area (Å²) in [4.78, 5) is 0. The predicted octanol–water partition coefficient (Wildman–Crippen LogP) is 1.33. The summed E-state index contributed by atoms with van der Waals surface area (Å²) in [7, 11) is 0. The number of aliphatic hydroxyl groups excluding tert-OH is 1. The quantitative estimate of drug-likeness (QED) is 0.529. The highest BCUT2D eigenvalue weighted by molar-refractivity contribution is 5.78. The van der Waals surface area contributed by atoms with E-state index in [2.05, 4.69) is 0 Å². The van der Waals surface area contributed by atoms with E-state index in [4.69, 9.17) is 14.6 Å². The van der Waals surface area contributed by atoms with E-state index in [1.165, 1.54) is 12.5 Å². The maximum Gasteiger partial charge on any atom is 0.215 e. The summed E-state index contributed by atoms with van der Waals surface area (Å²) in [5, 5.41) is 16.7. The second-order valence-electron chi connectivity index (χ2n) is 2.26. The first-order chi connectivity index (χ1) is 5.75. The SMILES string of the molecule is CCOC(=N)C(O)c1ccoc1. The van der Waals surface area contributed by atoms with Crippen LogP contribution < -0.4 is 0 Å². The van der Waals surface area contributed by atoms with Gasteiger partial charge in [0, 0.05) is 5.56 Å². The molecular formula is C8H11NO3. The predicted molar refractivity (Wildman–Crippen MR) is 43.0 cm³/mol. The van der Waals surface area contributed by atoms with Crippen molar-refractivity contribution in [2.24, 2.45) is 0 Å². The van der Waals surface area contributed by atoms with Crippen molar-refractivity contribution in [2.75, 3.05) is 6.61 Å². The van der Waals surface area contributed by atoms with Gasteiger partial charge in [-0.25, -0.2) is 0 Å². The molecule has 0 aliphatic carbocycles. The molecule has 66 valence electrons. The molecule has 0 bridgehead atoms. The molecule has 0 aliphatic rings. The fraction of sp³-hybridized carbons (Fsp3) is 0.375. The van der Waals surface area contributed by atoms with Crippen LogP contribution in [0.1, 0.15) is 18.6 Å². The summed E-state index contributed by atoms with van der Waals surface area (Å²) in [6.07, 6.45) is 1.82. The second kappa shape index (κ2) is 3.92. The van der Waals surface area contributed by atoms with Gasteiger partial charge in [0.25, 0.3) is 0 Å². The third-order valence-electron chi connectivity index (χ3n) is 1.41. The van der Waals surface area contributed by atoms with Crippen LogP contribution in [0.2, 0.25) is 0 Å². The summed E-state index contributed by atoms with van der Waals surface area (Å²) in [5.74, 6) is -0.154. The average Bonchev–Trinajstić information content (AvgIpc) is 2.55. The van der Waals surface area contributed by atoms with Gasteiger partial charge < -0.3 is 14.3 Å². The lowest BCUT2D eigenvalue weighted by Gasteiger charge is -2.09. The number of nitrogens with one attached hydrogen (secondary N) is 1. The fourth-order valence-corrected chi connectivity index (χ4v) is 0.816. The first-order valence-corrected chi connectivity index (χ1v) is 3.67. The van der Waals surface area contributed by atoms with Crippen LogP contribution in [-0.4, -0.2) is 17.6 Å². The van der Waals surface area contributed by atoms with Crippen molar-refractivity contribution in [1.29, 1.82) is 5.41 Å². The van der Waals surface area contributed by atoms with Crippen molar-refractivity contribution in [2.45, 2.75) is 13.0 Å². The van der Waals surface area contributed by atoms with Gasteiger partial charge in [-0.1, -0.05) is 0 Å². The Kier molecular flexibility index (Phi) is 2.88. The first-order valence-electron chi connectivity index (χ1n) is 3.67. The zero-order chi connectivity index (χ0) is 8.97. The van der Waals surface area contributed by atoms with Gasteiger partial charge in [0.1, 0.15) is 0 Å². The van der Waals surface area contributed by atoms with Gasteiger partial charge in [0.15, 0.2) is 6.10 Å². The van der Waals surface area contributed by atoms with Crippen LogP contribution in [0.25, 0.3) is 0 Å². The topological polar surface area (TPSA) is 66.5 Å². The molecule has 0 fully saturated rings. The van der Waals surface area contributed by atoms with Crippen molar-refractivity contribution < 1.29 is 14.3 Å². The molecule has 1 heterocycles. The van der Waals surface area contributed by atoms with Gasteiger partial charge in [-0.15, -0.1) is 0 Å². The highest BCUT2D eigenvalue weighted by atomic mass is 16.5. The molecule has 12 heavy (non-hydrogen) atoms. The van der Waals surface area contributed by atoms with Gasteiger partial charge in [-0.3, -0.25) is 5.41 Å². The van der Waals surface area contributed by atoms with E-state index in [9.17, 15) is 5.11 Å². The summed E-state index contributed by atoms with van der Waals surface area (Å²) in [5.41, 5.74) is 0.536. The van der Waals surface area contributed by atoms with Crippen LogP contribution in [0.5, 0.6) is 0 Å². The minimum absolute atomic E-state index is 0.154. The maximum absolute atomic E-state index is 9.40. The second-order valence-corrected chi connectivity index (χ2v) is 2.26. The summed E-state index contributed by atoms with van der Waals surface area (Å²) in [6, 6.07) is 1.60. The molecule has 0 aromatic carbocycles. The maximum atomic E-state index is 9.40. The minimum Gasteiger partial charge on any atom is -0.479 e. The number of hydrogen-bond acceptors (Lipinski definition) is 4. The zero-order valence-electron chi connectivity index (χ0n) is 6.78. The lowest BCUT2D eigenvalue weighted by Crippen LogP contribution is -2.13. The highest BCUT2D eigenvalue weighted by Gasteiger charge is 2.15. The Morgan fingerprint density at radius 1 is 1.83 bits per heavy atom. The Balaban J connectivity index is 2.59. The third-order valence-corrected chi connectivity index (χ3v) is 1.41. The van der Waals surface area contributed by atoms with Crippen molar-refractivity contribution >= 4 is 5.90 Å². The van der Waals surface area contributed by atoms with E-state index in [0.717, 1.165) is 0 Å². The van der Waals surface area contributed by atoms with Gasteiger partial charge in [-0.2, -0.15) is 0 Å². The third kappa shape index (κ3) is 1.85. The molecule has 1 rings (SSSR count). The number of hydrogen-bond donors (Lipinski definition) is 2. The van der Waals surface area contributed by atoms with Crippen LogP contribution in [-0.2, 0) is 4.74 Å². The average molecular weight is 169 g/mol. The first kappa shape index (κ1) is 8.80. The molecular weight excluding hydrogens is 158 g/mol. The largest absolute Gasteiger partial charge is 0.479 e. The standard InChI is InChI=1S/C8H11NO3/c1-2-12-8(9)7(10)6-3-4-11-5-6/h3-5,7,9-10H,2H2,1H3.